The van der Waals surface area contributed by atoms with Crippen molar-refractivity contribution < 1.29 is 14.4 Å². The molecule has 2 aromatic rings. The highest BCUT2D eigenvalue weighted by atomic mass is 35.5. The summed E-state index contributed by atoms with van der Waals surface area (Å²) in [6.07, 6.45) is 2.93. The molecule has 1 aliphatic heterocycles. The lowest BCUT2D eigenvalue weighted by atomic mass is 9.87. The molecule has 24 heavy (non-hydrogen) atoms. The van der Waals surface area contributed by atoms with Gasteiger partial charge in [-0.1, -0.05) is 23.7 Å². The monoisotopic (exact) mass is 352 g/mol. The van der Waals surface area contributed by atoms with Gasteiger partial charge in [-0.05, 0) is 43.5 Å². The average Bonchev–Trinajstić information content (AvgIpc) is 2.96. The van der Waals surface area contributed by atoms with Crippen molar-refractivity contribution in [2.45, 2.75) is 38.1 Å². The van der Waals surface area contributed by atoms with E-state index in [1.807, 2.05) is 12.1 Å². The molecule has 3 rings (SSSR count). The molecule has 0 spiro atoms. The minimum Gasteiger partial charge on any atom is -0.481 e. The second-order valence-corrected chi connectivity index (χ2v) is 6.27. The summed E-state index contributed by atoms with van der Waals surface area (Å²) in [5.74, 6) is 0.255. The number of carboxylic acid groups (broad SMARTS) is 1. The van der Waals surface area contributed by atoms with Crippen LogP contribution in [0.4, 0.5) is 0 Å². The Labute approximate surface area is 144 Å². The van der Waals surface area contributed by atoms with E-state index in [1.54, 1.807) is 6.07 Å². The van der Waals surface area contributed by atoms with Crippen LogP contribution >= 0.6 is 11.6 Å². The van der Waals surface area contributed by atoms with Crippen molar-refractivity contribution in [3.63, 3.8) is 0 Å². The van der Waals surface area contributed by atoms with Gasteiger partial charge in [0, 0.05) is 30.0 Å². The predicted molar refractivity (Wildman–Crippen MR) is 91.6 cm³/mol. The minimum atomic E-state index is -0.833. The van der Waals surface area contributed by atoms with Gasteiger partial charge < -0.3 is 14.9 Å². The second kappa shape index (κ2) is 8.70. The average molecular weight is 353 g/mol. The molecule has 3 N–H and O–H groups in total. The number of H-pyrrole nitrogens is 1. The van der Waals surface area contributed by atoms with Gasteiger partial charge in [0.15, 0.2) is 0 Å². The van der Waals surface area contributed by atoms with Crippen molar-refractivity contribution in [3.8, 4) is 0 Å². The van der Waals surface area contributed by atoms with E-state index in [1.165, 1.54) is 5.56 Å². The van der Waals surface area contributed by atoms with Crippen LogP contribution in [0.25, 0.3) is 0 Å². The van der Waals surface area contributed by atoms with Gasteiger partial charge in [0.2, 0.25) is 0 Å². The van der Waals surface area contributed by atoms with Gasteiger partial charge in [0.05, 0.1) is 0 Å². The van der Waals surface area contributed by atoms with Crippen LogP contribution in [-0.2, 0) is 11.2 Å². The highest BCUT2D eigenvalue weighted by Crippen LogP contribution is 2.28. The summed E-state index contributed by atoms with van der Waals surface area (Å²) in [5.41, 5.74) is 1.11. The number of carboxylic acids is 1. The van der Waals surface area contributed by atoms with Gasteiger partial charge in [-0.3, -0.25) is 9.59 Å². The number of rotatable bonds is 3. The molecule has 0 amide bonds. The van der Waals surface area contributed by atoms with E-state index in [2.05, 4.69) is 22.6 Å². The Morgan fingerprint density at radius 2 is 2.04 bits per heavy atom. The maximum atomic E-state index is 11.2. The van der Waals surface area contributed by atoms with Gasteiger partial charge in [-0.25, -0.2) is 0 Å². The Balaban J connectivity index is 0.000000471. The van der Waals surface area contributed by atoms with E-state index in [0.717, 1.165) is 43.5 Å². The molecular weight excluding hydrogens is 332 g/mol. The molecule has 1 aliphatic rings. The second-order valence-electron chi connectivity index (χ2n) is 5.84. The number of piperidine rings is 1. The maximum absolute atomic E-state index is 11.2. The SMILES string of the molecule is CC(=O)O.O=c1cc(C2CCNC(Cc3ccc(Cl)cc3)C2)o[nH]1. The van der Waals surface area contributed by atoms with Crippen molar-refractivity contribution in [1.82, 2.24) is 10.5 Å². The summed E-state index contributed by atoms with van der Waals surface area (Å²) in [5, 5.41) is 14.1. The number of aromatic nitrogens is 1. The van der Waals surface area contributed by atoms with Crippen LogP contribution in [0.1, 0.15) is 37.0 Å². The quantitative estimate of drug-likeness (QED) is 0.789. The number of nitrogens with one attached hydrogen (secondary N) is 2. The van der Waals surface area contributed by atoms with Crippen LogP contribution < -0.4 is 10.9 Å². The summed E-state index contributed by atoms with van der Waals surface area (Å²) in [7, 11) is 0. The number of aliphatic carboxylic acids is 1. The first-order valence-corrected chi connectivity index (χ1v) is 8.17. The van der Waals surface area contributed by atoms with Gasteiger partial charge in [0.1, 0.15) is 5.76 Å². The lowest BCUT2D eigenvalue weighted by molar-refractivity contribution is -0.134. The van der Waals surface area contributed by atoms with Gasteiger partial charge in [-0.2, -0.15) is 5.16 Å². The third-order valence-corrected chi connectivity index (χ3v) is 4.09. The summed E-state index contributed by atoms with van der Waals surface area (Å²) < 4.78 is 5.24. The number of hydrogen-bond donors (Lipinski definition) is 3. The number of aromatic amines is 1. The normalized spacial score (nSPS) is 20.1. The molecule has 0 radical (unpaired) electrons. The van der Waals surface area contributed by atoms with Crippen LogP contribution in [0.3, 0.4) is 0 Å². The van der Waals surface area contributed by atoms with Crippen LogP contribution in [0.5, 0.6) is 0 Å². The van der Waals surface area contributed by atoms with Crippen LogP contribution in [0, 0.1) is 0 Å². The zero-order chi connectivity index (χ0) is 17.5. The Kier molecular flexibility index (Phi) is 6.63. The van der Waals surface area contributed by atoms with Crippen molar-refractivity contribution in [2.75, 3.05) is 6.54 Å². The number of benzene rings is 1. The van der Waals surface area contributed by atoms with Crippen LogP contribution in [-0.4, -0.2) is 28.8 Å². The Morgan fingerprint density at radius 3 is 2.62 bits per heavy atom. The Morgan fingerprint density at radius 1 is 1.38 bits per heavy atom. The Bertz CT molecular complexity index is 704. The summed E-state index contributed by atoms with van der Waals surface area (Å²) in [6, 6.07) is 9.92. The van der Waals surface area contributed by atoms with E-state index in [9.17, 15) is 4.79 Å². The highest BCUT2D eigenvalue weighted by molar-refractivity contribution is 6.30. The molecule has 0 aliphatic carbocycles. The van der Waals surface area contributed by atoms with E-state index >= 15 is 0 Å². The fourth-order valence-corrected chi connectivity index (χ4v) is 2.95. The van der Waals surface area contributed by atoms with Gasteiger partial charge in [0.25, 0.3) is 11.5 Å². The van der Waals surface area contributed by atoms with E-state index < -0.39 is 5.97 Å². The van der Waals surface area contributed by atoms with Crippen LogP contribution in [0.15, 0.2) is 39.6 Å². The molecule has 2 heterocycles. The lowest BCUT2D eigenvalue weighted by Gasteiger charge is -2.29. The molecule has 1 aromatic heterocycles. The molecule has 0 bridgehead atoms. The predicted octanol–water partition coefficient (Wildman–Crippen LogP) is 2.79. The third kappa shape index (κ3) is 5.86. The molecule has 2 atom stereocenters. The maximum Gasteiger partial charge on any atom is 0.300 e. The molecule has 1 aromatic carbocycles. The molecule has 6 nitrogen and oxygen atoms in total. The largest absolute Gasteiger partial charge is 0.481 e. The Hall–Kier alpha value is -2.05. The van der Waals surface area contributed by atoms with Gasteiger partial charge in [-0.15, -0.1) is 0 Å². The van der Waals surface area contributed by atoms with Gasteiger partial charge >= 0.3 is 0 Å². The molecule has 0 saturated carbocycles. The van der Waals surface area contributed by atoms with E-state index in [-0.39, 0.29) is 5.56 Å². The zero-order valence-corrected chi connectivity index (χ0v) is 14.2. The first-order chi connectivity index (χ1) is 11.4. The number of carbonyl (C=O) groups is 1. The topological polar surface area (TPSA) is 95.3 Å². The first kappa shape index (κ1) is 18.3. The van der Waals surface area contributed by atoms with Crippen molar-refractivity contribution in [3.05, 3.63) is 57.0 Å². The summed E-state index contributed by atoms with van der Waals surface area (Å²) in [4.78, 5) is 20.2. The fourth-order valence-electron chi connectivity index (χ4n) is 2.82. The molecular formula is C17H21ClN2O4. The molecule has 1 fully saturated rings. The standard InChI is InChI=1S/C15H17ClN2O2.C2H4O2/c16-12-3-1-10(2-4-12)7-13-8-11(5-6-17-13)14-9-15(19)18-20-14;1-2(3)4/h1-4,9,11,13,17H,5-8H2,(H,18,19);1H3,(H,3,4). The molecule has 7 heteroatoms. The van der Waals surface area contributed by atoms with Crippen molar-refractivity contribution in [1.29, 1.82) is 0 Å². The number of hydrogen-bond acceptors (Lipinski definition) is 4. The first-order valence-electron chi connectivity index (χ1n) is 7.80. The minimum absolute atomic E-state index is 0.159. The third-order valence-electron chi connectivity index (χ3n) is 3.84. The summed E-state index contributed by atoms with van der Waals surface area (Å²) >= 11 is 5.90. The molecule has 1 saturated heterocycles. The van der Waals surface area contributed by atoms with Crippen molar-refractivity contribution in [2.24, 2.45) is 0 Å². The number of halogens is 1. The van der Waals surface area contributed by atoms with Crippen LogP contribution in [0.2, 0.25) is 5.02 Å². The zero-order valence-electron chi connectivity index (χ0n) is 13.4. The van der Waals surface area contributed by atoms with E-state index in [4.69, 9.17) is 26.0 Å². The van der Waals surface area contributed by atoms with E-state index in [0.29, 0.717) is 12.0 Å². The molecule has 130 valence electrons. The van der Waals surface area contributed by atoms with Crippen molar-refractivity contribution >= 4 is 17.6 Å². The fraction of sp³-hybridized carbons (Fsp3) is 0.412. The smallest absolute Gasteiger partial charge is 0.300 e. The highest BCUT2D eigenvalue weighted by Gasteiger charge is 2.25. The summed E-state index contributed by atoms with van der Waals surface area (Å²) in [6.45, 7) is 2.03. The lowest BCUT2D eigenvalue weighted by Crippen LogP contribution is -2.38. The molecule has 2 unspecified atom stereocenters.